The van der Waals surface area contributed by atoms with Crippen LogP contribution in [0.25, 0.3) is 0 Å². The second kappa shape index (κ2) is 8.46. The molecule has 0 atom stereocenters. The van der Waals surface area contributed by atoms with Crippen molar-refractivity contribution in [1.29, 1.82) is 0 Å². The second-order valence-corrected chi connectivity index (χ2v) is 2.73. The minimum Gasteiger partial charge on any atom is -0.210 e. The maximum atomic E-state index is 9.49. The lowest BCUT2D eigenvalue weighted by atomic mass is 11.0. The van der Waals surface area contributed by atoms with Gasteiger partial charge in [0.1, 0.15) is 0 Å². The zero-order chi connectivity index (χ0) is 7.66. The van der Waals surface area contributed by atoms with Crippen molar-refractivity contribution in [3.05, 3.63) is 0 Å². The lowest BCUT2D eigenvalue weighted by molar-refractivity contribution is 0.565. The molecule has 4 nitrogen and oxygen atoms in total. The summed E-state index contributed by atoms with van der Waals surface area (Å²) in [6.45, 7) is 0. The van der Waals surface area contributed by atoms with Crippen LogP contribution in [0.15, 0.2) is 8.80 Å². The van der Waals surface area contributed by atoms with Crippen molar-refractivity contribution in [2.45, 2.75) is 0 Å². The summed E-state index contributed by atoms with van der Waals surface area (Å²) in [5.41, 5.74) is 0. The Hall–Kier alpha value is -0.540. The summed E-state index contributed by atoms with van der Waals surface area (Å²) in [4.78, 5) is 19.0. The number of hydrogen-bond donors (Lipinski definition) is 0. The molecule has 0 bridgehead atoms. The topological polar surface area (TPSA) is 58.9 Å². The third kappa shape index (κ3) is 7.46. The fourth-order valence-electron chi connectivity index (χ4n) is 0.219. The average Bonchev–Trinajstić information content (AvgIpc) is 1.97. The highest BCUT2D eigenvalue weighted by Gasteiger charge is 1.85. The molecule has 0 saturated carbocycles. The molecule has 0 aliphatic rings. The van der Waals surface area contributed by atoms with Gasteiger partial charge in [0.15, 0.2) is 0 Å². The Balaban J connectivity index is 3.04. The lowest BCUT2D eigenvalue weighted by Gasteiger charge is -1.85. The number of carbonyl (C=O) groups excluding carboxylic acids is 2. The number of isocyanates is 2. The molecule has 0 aromatic carbocycles. The smallest absolute Gasteiger partial charge is 0.210 e. The number of rotatable bonds is 5. The van der Waals surface area contributed by atoms with Crippen LogP contribution in [0, 0.1) is 0 Å². The predicted octanol–water partition coefficient (Wildman–Crippen LogP) is 0.954. The third-order valence-electron chi connectivity index (χ3n) is 0.470. The highest BCUT2D eigenvalue weighted by Crippen LogP contribution is 2.06. The second-order valence-electron chi connectivity index (χ2n) is 1.03. The Labute approximate surface area is 66.5 Å². The van der Waals surface area contributed by atoms with E-state index in [-0.39, 0.29) is 0 Å². The molecule has 0 N–H and O–H groups in total. The molecule has 54 valence electrons. The lowest BCUT2D eigenvalue weighted by Crippen LogP contribution is -1.77. The molecule has 10 heavy (non-hydrogen) atoms. The van der Waals surface area contributed by atoms with Gasteiger partial charge in [0.05, 0.1) is 0 Å². The van der Waals surface area contributed by atoms with Crippen molar-refractivity contribution in [3.63, 3.8) is 0 Å². The molecule has 0 aromatic heterocycles. The minimum atomic E-state index is 0.644. The van der Waals surface area contributed by atoms with E-state index in [0.29, 0.717) is 11.5 Å². The summed E-state index contributed by atoms with van der Waals surface area (Å²) in [5.74, 6) is 1.29. The van der Waals surface area contributed by atoms with Gasteiger partial charge in [0.25, 0.3) is 0 Å². The van der Waals surface area contributed by atoms with E-state index in [1.165, 1.54) is 12.2 Å². The SMILES string of the molecule is O=C=NSCCSN=C=O. The van der Waals surface area contributed by atoms with Crippen molar-refractivity contribution in [1.82, 2.24) is 0 Å². The first kappa shape index (κ1) is 9.46. The van der Waals surface area contributed by atoms with E-state index in [0.717, 1.165) is 23.9 Å². The zero-order valence-electron chi connectivity index (χ0n) is 4.94. The Kier molecular flexibility index (Phi) is 8.00. The maximum Gasteiger partial charge on any atom is 0.247 e. The van der Waals surface area contributed by atoms with Crippen LogP contribution in [0.5, 0.6) is 0 Å². The Morgan fingerprint density at radius 1 is 1.00 bits per heavy atom. The summed E-state index contributed by atoms with van der Waals surface area (Å²) in [7, 11) is 0. The van der Waals surface area contributed by atoms with Crippen LogP contribution < -0.4 is 0 Å². The van der Waals surface area contributed by atoms with Gasteiger partial charge in [-0.25, -0.2) is 9.59 Å². The zero-order valence-corrected chi connectivity index (χ0v) is 6.57. The molecular formula is C4H4N2O2S2. The first-order valence-electron chi connectivity index (χ1n) is 2.30. The van der Waals surface area contributed by atoms with Crippen LogP contribution in [-0.2, 0) is 9.59 Å². The molecule has 0 amide bonds. The Bertz CT molecular complexity index is 152. The first-order chi connectivity index (χ1) is 4.91. The van der Waals surface area contributed by atoms with E-state index in [1.54, 1.807) is 0 Å². The molecule has 0 rings (SSSR count). The highest BCUT2D eigenvalue weighted by molar-refractivity contribution is 8.01. The summed E-state index contributed by atoms with van der Waals surface area (Å²) < 4.78 is 6.45. The van der Waals surface area contributed by atoms with E-state index >= 15 is 0 Å². The molecule has 0 radical (unpaired) electrons. The predicted molar refractivity (Wildman–Crippen MR) is 41.2 cm³/mol. The highest BCUT2D eigenvalue weighted by atomic mass is 32.2. The molecule has 6 heteroatoms. The Morgan fingerprint density at radius 3 is 1.70 bits per heavy atom. The normalized spacial score (nSPS) is 7.60. The van der Waals surface area contributed by atoms with Gasteiger partial charge in [-0.1, -0.05) is 0 Å². The molecule has 0 aliphatic carbocycles. The van der Waals surface area contributed by atoms with Crippen molar-refractivity contribution in [3.8, 4) is 0 Å². The van der Waals surface area contributed by atoms with E-state index in [4.69, 9.17) is 0 Å². The molecule has 0 fully saturated rings. The van der Waals surface area contributed by atoms with Gasteiger partial charge in [-0.15, -0.1) is 8.80 Å². The molecular weight excluding hydrogens is 172 g/mol. The molecule has 0 spiro atoms. The molecule has 0 aliphatic heterocycles. The molecule has 0 aromatic rings. The van der Waals surface area contributed by atoms with Gasteiger partial charge < -0.3 is 0 Å². The number of nitrogens with zero attached hydrogens (tertiary/aromatic N) is 2. The minimum absolute atomic E-state index is 0.644. The van der Waals surface area contributed by atoms with E-state index in [2.05, 4.69) is 8.80 Å². The van der Waals surface area contributed by atoms with Crippen LogP contribution >= 0.6 is 23.9 Å². The van der Waals surface area contributed by atoms with Crippen molar-refractivity contribution in [2.24, 2.45) is 8.80 Å². The Morgan fingerprint density at radius 2 is 1.40 bits per heavy atom. The van der Waals surface area contributed by atoms with Gasteiger partial charge in [0, 0.05) is 11.5 Å². The largest absolute Gasteiger partial charge is 0.247 e. The van der Waals surface area contributed by atoms with E-state index < -0.39 is 0 Å². The summed E-state index contributed by atoms with van der Waals surface area (Å²) in [6.07, 6.45) is 2.76. The fraction of sp³-hybridized carbons (Fsp3) is 0.500. The van der Waals surface area contributed by atoms with Crippen molar-refractivity contribution >= 4 is 36.1 Å². The standard InChI is InChI=1S/C4H4N2O2S2/c7-3-5-9-1-2-10-6-4-8/h1-2H2. The van der Waals surface area contributed by atoms with Gasteiger partial charge in [-0.3, -0.25) is 0 Å². The summed E-state index contributed by atoms with van der Waals surface area (Å²) >= 11 is 2.19. The van der Waals surface area contributed by atoms with Crippen LogP contribution in [-0.4, -0.2) is 23.7 Å². The van der Waals surface area contributed by atoms with Gasteiger partial charge >= 0.3 is 0 Å². The molecule has 0 heterocycles. The molecule has 0 saturated heterocycles. The van der Waals surface area contributed by atoms with Crippen LogP contribution in [0.1, 0.15) is 0 Å². The third-order valence-corrected chi connectivity index (χ3v) is 1.91. The quantitative estimate of drug-likeness (QED) is 0.271. The van der Waals surface area contributed by atoms with E-state index in [9.17, 15) is 9.59 Å². The summed E-state index contributed by atoms with van der Waals surface area (Å²) in [5, 5.41) is 0. The van der Waals surface area contributed by atoms with Crippen LogP contribution in [0.4, 0.5) is 0 Å². The average molecular weight is 176 g/mol. The van der Waals surface area contributed by atoms with E-state index in [1.807, 2.05) is 0 Å². The van der Waals surface area contributed by atoms with Gasteiger partial charge in [-0.2, -0.15) is 0 Å². The fourth-order valence-corrected chi connectivity index (χ4v) is 1.10. The van der Waals surface area contributed by atoms with Crippen LogP contribution in [0.3, 0.4) is 0 Å². The molecule has 0 unspecified atom stereocenters. The first-order valence-corrected chi connectivity index (χ1v) is 4.18. The summed E-state index contributed by atoms with van der Waals surface area (Å²) in [6, 6.07) is 0. The van der Waals surface area contributed by atoms with Crippen LogP contribution in [0.2, 0.25) is 0 Å². The number of hydrogen-bond acceptors (Lipinski definition) is 6. The maximum absolute atomic E-state index is 9.49. The monoisotopic (exact) mass is 176 g/mol. The van der Waals surface area contributed by atoms with Gasteiger partial charge in [-0.05, 0) is 23.9 Å². The van der Waals surface area contributed by atoms with Crippen molar-refractivity contribution < 1.29 is 9.59 Å². The van der Waals surface area contributed by atoms with Crippen molar-refractivity contribution in [2.75, 3.05) is 11.5 Å². The van der Waals surface area contributed by atoms with Gasteiger partial charge in [0.2, 0.25) is 12.2 Å².